The summed E-state index contributed by atoms with van der Waals surface area (Å²) >= 11 is 0. The van der Waals surface area contributed by atoms with Crippen LogP contribution in [0.4, 0.5) is 0 Å². The van der Waals surface area contributed by atoms with Gasteiger partial charge < -0.3 is 19.8 Å². The van der Waals surface area contributed by atoms with E-state index in [2.05, 4.69) is 19.2 Å². The van der Waals surface area contributed by atoms with Crippen molar-refractivity contribution in [2.45, 2.75) is 212 Å². The lowest BCUT2D eigenvalue weighted by atomic mass is 10.0. The van der Waals surface area contributed by atoms with Gasteiger partial charge in [0.25, 0.3) is 0 Å². The smallest absolute Gasteiger partial charge is 0.387 e. The van der Waals surface area contributed by atoms with Crippen LogP contribution in [-0.2, 0) is 18.4 Å². The summed E-state index contributed by atoms with van der Waals surface area (Å²) in [4.78, 5) is 23.1. The summed E-state index contributed by atoms with van der Waals surface area (Å²) in [5, 5.41) is 13.8. The normalized spacial score (nSPS) is 14.6. The van der Waals surface area contributed by atoms with Crippen LogP contribution in [0.25, 0.3) is 0 Å². The number of aliphatic hydroxyl groups excluding tert-OH is 1. The molecule has 8 nitrogen and oxygen atoms in total. The fraction of sp³-hybridized carbons (Fsp3) is 0.929. The van der Waals surface area contributed by atoms with Crippen LogP contribution in [0.5, 0.6) is 0 Å². The zero-order valence-electron chi connectivity index (χ0n) is 34.4. The lowest BCUT2D eigenvalue weighted by Gasteiger charge is -2.25. The number of nitrogens with zero attached hydrogens (tertiary/aromatic N) is 1. The number of amides is 1. The second-order valence-corrected chi connectivity index (χ2v) is 17.5. The first-order valence-electron chi connectivity index (χ1n) is 21.6. The number of rotatable bonds is 39. The van der Waals surface area contributed by atoms with Crippen molar-refractivity contribution in [2.24, 2.45) is 0 Å². The van der Waals surface area contributed by atoms with Crippen molar-refractivity contribution >= 4 is 13.7 Å². The van der Waals surface area contributed by atoms with Crippen molar-refractivity contribution in [1.29, 1.82) is 0 Å². The molecule has 3 N–H and O–H groups in total. The summed E-state index contributed by atoms with van der Waals surface area (Å²) in [6.07, 6.45) is 38.4. The fourth-order valence-electron chi connectivity index (χ4n) is 6.28. The van der Waals surface area contributed by atoms with Gasteiger partial charge in [-0.05, 0) is 19.3 Å². The van der Waals surface area contributed by atoms with Crippen LogP contribution in [0.15, 0.2) is 12.2 Å². The van der Waals surface area contributed by atoms with Gasteiger partial charge in [-0.3, -0.25) is 13.8 Å². The van der Waals surface area contributed by atoms with Crippen molar-refractivity contribution < 1.29 is 32.9 Å². The van der Waals surface area contributed by atoms with Gasteiger partial charge in [-0.2, -0.15) is 0 Å². The van der Waals surface area contributed by atoms with E-state index in [1.54, 1.807) is 6.08 Å². The molecule has 0 bridgehead atoms. The van der Waals surface area contributed by atoms with Gasteiger partial charge in [-0.15, -0.1) is 0 Å². The van der Waals surface area contributed by atoms with Crippen molar-refractivity contribution in [2.75, 3.05) is 40.9 Å². The zero-order chi connectivity index (χ0) is 37.9. The van der Waals surface area contributed by atoms with Gasteiger partial charge in [0.05, 0.1) is 39.9 Å². The van der Waals surface area contributed by atoms with Crippen LogP contribution in [0, 0.1) is 0 Å². The zero-order valence-corrected chi connectivity index (χ0v) is 35.3. The number of phosphoric ester groups is 1. The molecule has 0 aromatic heterocycles. The summed E-state index contributed by atoms with van der Waals surface area (Å²) in [7, 11) is 1.58. The number of aliphatic hydroxyl groups is 1. The highest BCUT2D eigenvalue weighted by atomic mass is 31.2. The third-order valence-corrected chi connectivity index (χ3v) is 10.7. The summed E-state index contributed by atoms with van der Waals surface area (Å²) in [6.45, 7) is 4.82. The molecule has 0 aromatic carbocycles. The third-order valence-electron chi connectivity index (χ3n) is 9.76. The number of hydrogen-bond donors (Lipinski definition) is 3. The van der Waals surface area contributed by atoms with Crippen LogP contribution in [-0.4, -0.2) is 73.4 Å². The van der Waals surface area contributed by atoms with Gasteiger partial charge in [-0.1, -0.05) is 187 Å². The maximum atomic E-state index is 12.8. The van der Waals surface area contributed by atoms with E-state index in [4.69, 9.17) is 9.05 Å². The lowest BCUT2D eigenvalue weighted by Crippen LogP contribution is -2.45. The van der Waals surface area contributed by atoms with Crippen molar-refractivity contribution in [3.8, 4) is 0 Å². The van der Waals surface area contributed by atoms with Crippen molar-refractivity contribution in [3.63, 3.8) is 0 Å². The first kappa shape index (κ1) is 50.2. The van der Waals surface area contributed by atoms with Gasteiger partial charge in [-0.25, -0.2) is 4.57 Å². The Morgan fingerprint density at radius 3 is 1.45 bits per heavy atom. The first-order valence-corrected chi connectivity index (χ1v) is 23.1. The molecule has 0 rings (SSSR count). The van der Waals surface area contributed by atoms with Crippen LogP contribution in [0.2, 0.25) is 0 Å². The summed E-state index contributed by atoms with van der Waals surface area (Å²) in [5.74, 6) is -0.176. The molecule has 0 fully saturated rings. The minimum atomic E-state index is -4.33. The maximum absolute atomic E-state index is 12.8. The lowest BCUT2D eigenvalue weighted by molar-refractivity contribution is -0.870. The van der Waals surface area contributed by atoms with Gasteiger partial charge in [0.15, 0.2) is 0 Å². The average Bonchev–Trinajstić information content (AvgIpc) is 3.07. The Hall–Kier alpha value is -0.760. The molecule has 0 aliphatic rings. The molecule has 0 heterocycles. The molecule has 0 radical (unpaired) electrons. The number of likely N-dealkylation sites (N-methyl/N-ethyl adjacent to an activating group) is 1. The van der Waals surface area contributed by atoms with Crippen LogP contribution in [0.1, 0.15) is 200 Å². The van der Waals surface area contributed by atoms with Gasteiger partial charge in [0, 0.05) is 6.42 Å². The molecule has 304 valence electrons. The van der Waals surface area contributed by atoms with Gasteiger partial charge >= 0.3 is 7.82 Å². The SMILES string of the molecule is CCCCCCCCCCCCCCCC/C=C/[C@@H](O)[C@H](COP(=O)(O)OCC[N+](C)(C)C)NC(=O)CCCCCCCCCCCCCCC. The van der Waals surface area contributed by atoms with Crippen molar-refractivity contribution in [1.82, 2.24) is 5.32 Å². The molecule has 1 amide bonds. The predicted octanol–water partition coefficient (Wildman–Crippen LogP) is 11.6. The van der Waals surface area contributed by atoms with Crippen molar-refractivity contribution in [3.05, 3.63) is 12.2 Å². The highest BCUT2D eigenvalue weighted by Crippen LogP contribution is 2.43. The van der Waals surface area contributed by atoms with E-state index in [1.165, 1.54) is 148 Å². The molecule has 0 spiro atoms. The Labute approximate surface area is 316 Å². The molecule has 51 heavy (non-hydrogen) atoms. The second kappa shape index (κ2) is 35.0. The molecule has 0 saturated heterocycles. The Balaban J connectivity index is 4.44. The number of phosphoric acid groups is 1. The molecule has 3 atom stereocenters. The topological polar surface area (TPSA) is 105 Å². The number of nitrogens with one attached hydrogen (secondary N) is 1. The van der Waals surface area contributed by atoms with E-state index in [1.807, 2.05) is 27.2 Å². The Kier molecular flexibility index (Phi) is 34.5. The second-order valence-electron chi connectivity index (χ2n) is 16.1. The van der Waals surface area contributed by atoms with E-state index >= 15 is 0 Å². The monoisotopic (exact) mass is 746 g/mol. The minimum Gasteiger partial charge on any atom is -0.387 e. The first-order chi connectivity index (χ1) is 24.5. The third kappa shape index (κ3) is 37.4. The van der Waals surface area contributed by atoms with E-state index < -0.39 is 20.0 Å². The number of quaternary nitrogens is 1. The highest BCUT2D eigenvalue weighted by molar-refractivity contribution is 7.47. The fourth-order valence-corrected chi connectivity index (χ4v) is 7.01. The largest absolute Gasteiger partial charge is 0.472 e. The molecule has 0 aromatic rings. The Morgan fingerprint density at radius 2 is 1.04 bits per heavy atom. The molecule has 0 saturated carbocycles. The molecular weight excluding hydrogens is 659 g/mol. The average molecular weight is 746 g/mol. The minimum absolute atomic E-state index is 0.0645. The molecule has 0 aliphatic carbocycles. The number of carbonyl (C=O) groups is 1. The summed E-state index contributed by atoms with van der Waals surface area (Å²) < 4.78 is 23.5. The van der Waals surface area contributed by atoms with E-state index in [-0.39, 0.29) is 19.1 Å². The number of carbonyl (C=O) groups excluding carboxylic acids is 1. The number of hydrogen-bond acceptors (Lipinski definition) is 5. The van der Waals surface area contributed by atoms with Crippen LogP contribution >= 0.6 is 7.82 Å². The molecule has 0 aliphatic heterocycles. The highest BCUT2D eigenvalue weighted by Gasteiger charge is 2.27. The maximum Gasteiger partial charge on any atom is 0.472 e. The number of allylic oxidation sites excluding steroid dienone is 1. The Bertz CT molecular complexity index is 850. The quantitative estimate of drug-likeness (QED) is 0.0250. The molecule has 1 unspecified atom stereocenters. The van der Waals surface area contributed by atoms with E-state index in [0.717, 1.165) is 32.1 Å². The van der Waals surface area contributed by atoms with Crippen LogP contribution in [0.3, 0.4) is 0 Å². The number of unbranched alkanes of at least 4 members (excludes halogenated alkanes) is 26. The standard InChI is InChI=1S/C42H85N2O6P/c1-6-8-10-12-14-16-18-20-21-22-24-25-27-29-31-33-35-41(45)40(39-50-51(47,48)49-38-37-44(3,4)5)43-42(46)36-34-32-30-28-26-23-19-17-15-13-11-9-7-2/h33,35,40-41,45H,6-32,34,36-39H2,1-5H3,(H-,43,46,47,48)/p+1/b35-33+/t40-,41+/m0/s1. The summed E-state index contributed by atoms with van der Waals surface area (Å²) in [5.41, 5.74) is 0. The molecule has 9 heteroatoms. The van der Waals surface area contributed by atoms with E-state index in [0.29, 0.717) is 17.4 Å². The summed E-state index contributed by atoms with van der Waals surface area (Å²) in [6, 6.07) is -0.838. The van der Waals surface area contributed by atoms with Gasteiger partial charge in [0.1, 0.15) is 13.2 Å². The van der Waals surface area contributed by atoms with E-state index in [9.17, 15) is 19.4 Å². The Morgan fingerprint density at radius 1 is 0.647 bits per heavy atom. The van der Waals surface area contributed by atoms with Gasteiger partial charge in [0.2, 0.25) is 5.91 Å². The molecular formula is C42H86N2O6P+. The van der Waals surface area contributed by atoms with Crippen LogP contribution < -0.4 is 5.32 Å². The predicted molar refractivity (Wildman–Crippen MR) is 217 cm³/mol.